The Morgan fingerprint density at radius 3 is 2.56 bits per heavy atom. The van der Waals surface area contributed by atoms with Crippen LogP contribution in [-0.4, -0.2) is 35.9 Å². The Kier molecular flexibility index (Phi) is 5.92. The van der Waals surface area contributed by atoms with Crippen LogP contribution in [0.3, 0.4) is 0 Å². The first-order chi connectivity index (χ1) is 12.2. The molecule has 1 saturated heterocycles. The number of amides is 1. The van der Waals surface area contributed by atoms with Gasteiger partial charge in [-0.25, -0.2) is 0 Å². The van der Waals surface area contributed by atoms with Crippen LogP contribution in [0.25, 0.3) is 0 Å². The molecule has 3 nitrogen and oxygen atoms in total. The standard InChI is InChI=1S/C21H23NO2S/c1-25-20-12-6-5-11-18(20)21(24)22-13-7-10-17(15-22)19(23)14-16-8-3-2-4-9-16/h2-6,8-9,11-12,17H,7,10,13-15H2,1H3/t17-/m0/s1. The average Bonchev–Trinajstić information content (AvgIpc) is 2.68. The molecule has 0 bridgehead atoms. The maximum Gasteiger partial charge on any atom is 0.255 e. The first-order valence-electron chi connectivity index (χ1n) is 8.68. The van der Waals surface area contributed by atoms with E-state index in [1.807, 2.05) is 65.8 Å². The zero-order valence-corrected chi connectivity index (χ0v) is 15.3. The van der Waals surface area contributed by atoms with Gasteiger partial charge >= 0.3 is 0 Å². The van der Waals surface area contributed by atoms with E-state index in [2.05, 4.69) is 0 Å². The van der Waals surface area contributed by atoms with Crippen molar-refractivity contribution in [3.05, 3.63) is 65.7 Å². The van der Waals surface area contributed by atoms with Gasteiger partial charge in [0.2, 0.25) is 0 Å². The molecule has 1 aliphatic rings. The van der Waals surface area contributed by atoms with Gasteiger partial charge in [0.1, 0.15) is 5.78 Å². The fourth-order valence-corrected chi connectivity index (χ4v) is 3.95. The second-order valence-corrected chi connectivity index (χ2v) is 7.27. The topological polar surface area (TPSA) is 37.4 Å². The summed E-state index contributed by atoms with van der Waals surface area (Å²) in [4.78, 5) is 28.4. The van der Waals surface area contributed by atoms with Crippen LogP contribution in [0, 0.1) is 5.92 Å². The Balaban J connectivity index is 1.68. The molecule has 2 aromatic carbocycles. The van der Waals surface area contributed by atoms with Gasteiger partial charge in [0.05, 0.1) is 5.56 Å². The van der Waals surface area contributed by atoms with Crippen molar-refractivity contribution < 1.29 is 9.59 Å². The van der Waals surface area contributed by atoms with Crippen LogP contribution in [-0.2, 0) is 11.2 Å². The second kappa shape index (κ2) is 8.34. The quantitative estimate of drug-likeness (QED) is 0.760. The molecule has 1 atom stereocenters. The number of hydrogen-bond acceptors (Lipinski definition) is 3. The van der Waals surface area contributed by atoms with Crippen LogP contribution in [0.5, 0.6) is 0 Å². The van der Waals surface area contributed by atoms with E-state index in [-0.39, 0.29) is 17.6 Å². The number of carbonyl (C=O) groups excluding carboxylic acids is 2. The predicted molar refractivity (Wildman–Crippen MR) is 102 cm³/mol. The largest absolute Gasteiger partial charge is 0.338 e. The summed E-state index contributed by atoms with van der Waals surface area (Å²) in [6, 6.07) is 17.5. The average molecular weight is 353 g/mol. The number of rotatable bonds is 5. The zero-order valence-electron chi connectivity index (χ0n) is 14.5. The van der Waals surface area contributed by atoms with Gasteiger partial charge in [-0.05, 0) is 36.8 Å². The molecule has 25 heavy (non-hydrogen) atoms. The zero-order chi connectivity index (χ0) is 17.6. The molecule has 0 aliphatic carbocycles. The van der Waals surface area contributed by atoms with E-state index in [0.29, 0.717) is 13.0 Å². The van der Waals surface area contributed by atoms with Gasteiger partial charge in [-0.2, -0.15) is 0 Å². The summed E-state index contributed by atoms with van der Waals surface area (Å²) in [5.74, 6) is 0.225. The molecule has 3 rings (SSSR count). The minimum Gasteiger partial charge on any atom is -0.338 e. The van der Waals surface area contributed by atoms with Crippen LogP contribution in [0.15, 0.2) is 59.5 Å². The molecule has 1 amide bonds. The van der Waals surface area contributed by atoms with Gasteiger partial charge in [0.15, 0.2) is 0 Å². The summed E-state index contributed by atoms with van der Waals surface area (Å²) in [6.07, 6.45) is 4.20. The van der Waals surface area contributed by atoms with E-state index in [9.17, 15) is 9.59 Å². The highest BCUT2D eigenvalue weighted by atomic mass is 32.2. The fourth-order valence-electron chi connectivity index (χ4n) is 3.36. The Morgan fingerprint density at radius 2 is 1.80 bits per heavy atom. The van der Waals surface area contributed by atoms with Gasteiger partial charge in [0, 0.05) is 30.3 Å². The molecule has 0 N–H and O–H groups in total. The van der Waals surface area contributed by atoms with Crippen LogP contribution in [0.4, 0.5) is 0 Å². The molecule has 1 fully saturated rings. The highest BCUT2D eigenvalue weighted by Gasteiger charge is 2.29. The number of Topliss-reactive ketones (excluding diaryl/α,β-unsaturated/α-hetero) is 1. The molecule has 130 valence electrons. The van der Waals surface area contributed by atoms with Crippen molar-refractivity contribution in [1.82, 2.24) is 4.90 Å². The third kappa shape index (κ3) is 4.31. The van der Waals surface area contributed by atoms with E-state index < -0.39 is 0 Å². The molecule has 2 aromatic rings. The maximum absolute atomic E-state index is 12.9. The highest BCUT2D eigenvalue weighted by Crippen LogP contribution is 2.25. The Bertz CT molecular complexity index is 745. The predicted octanol–water partition coefficient (Wildman–Crippen LogP) is 4.07. The molecule has 0 aromatic heterocycles. The molecule has 0 unspecified atom stereocenters. The first-order valence-corrected chi connectivity index (χ1v) is 9.90. The molecule has 1 aliphatic heterocycles. The van der Waals surface area contributed by atoms with Crippen molar-refractivity contribution in [2.45, 2.75) is 24.2 Å². The summed E-state index contributed by atoms with van der Waals surface area (Å²) in [7, 11) is 0. The molecule has 1 heterocycles. The van der Waals surface area contributed by atoms with E-state index in [1.165, 1.54) is 0 Å². The van der Waals surface area contributed by atoms with Crippen molar-refractivity contribution in [3.63, 3.8) is 0 Å². The number of hydrogen-bond donors (Lipinski definition) is 0. The smallest absolute Gasteiger partial charge is 0.255 e. The summed E-state index contributed by atoms with van der Waals surface area (Å²) >= 11 is 1.58. The summed E-state index contributed by atoms with van der Waals surface area (Å²) in [6.45, 7) is 1.27. The van der Waals surface area contributed by atoms with Crippen LogP contribution < -0.4 is 0 Å². The van der Waals surface area contributed by atoms with Crippen LogP contribution in [0.1, 0.15) is 28.8 Å². The number of piperidine rings is 1. The Labute approximate surface area is 153 Å². The lowest BCUT2D eigenvalue weighted by atomic mass is 9.90. The summed E-state index contributed by atoms with van der Waals surface area (Å²) in [5.41, 5.74) is 1.79. The Hall–Kier alpha value is -2.07. The summed E-state index contributed by atoms with van der Waals surface area (Å²) < 4.78 is 0. The summed E-state index contributed by atoms with van der Waals surface area (Å²) in [5, 5.41) is 0. The number of ketones is 1. The number of thioether (sulfide) groups is 1. The van der Waals surface area contributed by atoms with Gasteiger partial charge in [-0.1, -0.05) is 42.5 Å². The van der Waals surface area contributed by atoms with E-state index in [1.54, 1.807) is 11.8 Å². The molecule has 0 spiro atoms. The molecular formula is C21H23NO2S. The van der Waals surface area contributed by atoms with Crippen molar-refractivity contribution >= 4 is 23.5 Å². The molecular weight excluding hydrogens is 330 g/mol. The molecule has 0 saturated carbocycles. The van der Waals surface area contributed by atoms with Crippen molar-refractivity contribution in [1.29, 1.82) is 0 Å². The number of nitrogens with zero attached hydrogens (tertiary/aromatic N) is 1. The van der Waals surface area contributed by atoms with E-state index >= 15 is 0 Å². The van der Waals surface area contributed by atoms with Gasteiger partial charge in [0.25, 0.3) is 5.91 Å². The molecule has 4 heteroatoms. The lowest BCUT2D eigenvalue weighted by Crippen LogP contribution is -2.42. The fraction of sp³-hybridized carbons (Fsp3) is 0.333. The second-order valence-electron chi connectivity index (χ2n) is 6.42. The first kappa shape index (κ1) is 17.7. The number of benzene rings is 2. The van der Waals surface area contributed by atoms with Crippen molar-refractivity contribution in [3.8, 4) is 0 Å². The molecule has 0 radical (unpaired) electrons. The van der Waals surface area contributed by atoms with Gasteiger partial charge in [-0.15, -0.1) is 11.8 Å². The maximum atomic E-state index is 12.9. The van der Waals surface area contributed by atoms with E-state index in [4.69, 9.17) is 0 Å². The number of likely N-dealkylation sites (tertiary alicyclic amines) is 1. The van der Waals surface area contributed by atoms with Gasteiger partial charge in [-0.3, -0.25) is 9.59 Å². The lowest BCUT2D eigenvalue weighted by molar-refractivity contribution is -0.123. The normalized spacial score (nSPS) is 17.3. The monoisotopic (exact) mass is 353 g/mol. The number of carbonyl (C=O) groups is 2. The van der Waals surface area contributed by atoms with Crippen molar-refractivity contribution in [2.75, 3.05) is 19.3 Å². The SMILES string of the molecule is CSc1ccccc1C(=O)N1CCC[C@H](C(=O)Cc2ccccc2)C1. The van der Waals surface area contributed by atoms with Crippen LogP contribution >= 0.6 is 11.8 Å². The lowest BCUT2D eigenvalue weighted by Gasteiger charge is -2.32. The van der Waals surface area contributed by atoms with Crippen molar-refractivity contribution in [2.24, 2.45) is 5.92 Å². The van der Waals surface area contributed by atoms with Crippen LogP contribution in [0.2, 0.25) is 0 Å². The third-order valence-corrected chi connectivity index (χ3v) is 5.52. The van der Waals surface area contributed by atoms with Gasteiger partial charge < -0.3 is 4.90 Å². The van der Waals surface area contributed by atoms with E-state index in [0.717, 1.165) is 35.4 Å². The minimum absolute atomic E-state index is 0.0437. The highest BCUT2D eigenvalue weighted by molar-refractivity contribution is 7.98. The third-order valence-electron chi connectivity index (χ3n) is 4.72. The Morgan fingerprint density at radius 1 is 1.08 bits per heavy atom. The minimum atomic E-state index is -0.0562.